The summed E-state index contributed by atoms with van der Waals surface area (Å²) in [5.41, 5.74) is -2.33. The number of hydrogen-bond acceptors (Lipinski definition) is 14. The molecule has 0 aromatic heterocycles. The van der Waals surface area contributed by atoms with Gasteiger partial charge in [-0.3, -0.25) is 9.59 Å². The molecule has 0 unspecified atom stereocenters. The van der Waals surface area contributed by atoms with Crippen LogP contribution in [0.4, 0.5) is 4.79 Å². The topological polar surface area (TPSA) is 239 Å². The number of carbonyl (C=O) groups is 4. The highest BCUT2D eigenvalue weighted by molar-refractivity contribution is 5.88. The summed E-state index contributed by atoms with van der Waals surface area (Å²) in [5, 5.41) is 67.6. The molecule has 1 heterocycles. The number of aliphatic hydroxyl groups is 6. The first-order chi connectivity index (χ1) is 34.8. The van der Waals surface area contributed by atoms with Crippen molar-refractivity contribution in [1.29, 1.82) is 0 Å². The molecule has 1 aliphatic heterocycles. The Morgan fingerprint density at radius 2 is 0.944 bits per heavy atom. The van der Waals surface area contributed by atoms with Crippen LogP contribution in [0.1, 0.15) is 271 Å². The Bertz CT molecular complexity index is 1340. The summed E-state index contributed by atoms with van der Waals surface area (Å²) in [5.74, 6) is -1.60. The van der Waals surface area contributed by atoms with Crippen LogP contribution in [-0.2, 0) is 33.3 Å². The molecule has 424 valence electrons. The molecule has 72 heavy (non-hydrogen) atoms. The number of nitrogens with one attached hydrogen (secondary N) is 1. The van der Waals surface area contributed by atoms with E-state index in [4.69, 9.17) is 18.9 Å². The minimum Gasteiger partial charge on any atom is -0.428 e. The average molecular weight is 1030 g/mol. The molecule has 0 aliphatic carbocycles. The molecule has 1 aliphatic rings. The maximum Gasteiger partial charge on any atom is 0.410 e. The number of esters is 1. The second-order valence-corrected chi connectivity index (χ2v) is 21.0. The molecule has 0 radical (unpaired) electrons. The smallest absolute Gasteiger partial charge is 0.410 e. The summed E-state index contributed by atoms with van der Waals surface area (Å²) >= 11 is 0. The van der Waals surface area contributed by atoms with Gasteiger partial charge in [-0.15, -0.1) is 0 Å². The summed E-state index contributed by atoms with van der Waals surface area (Å²) in [4.78, 5) is 50.4. The Morgan fingerprint density at radius 1 is 0.542 bits per heavy atom. The van der Waals surface area contributed by atoms with Crippen LogP contribution in [0, 0.1) is 0 Å². The molecule has 0 aromatic rings. The zero-order chi connectivity index (χ0) is 53.1. The van der Waals surface area contributed by atoms with E-state index in [1.807, 2.05) is 0 Å². The molecule has 15 heteroatoms. The van der Waals surface area contributed by atoms with E-state index >= 15 is 0 Å². The van der Waals surface area contributed by atoms with Crippen molar-refractivity contribution in [2.24, 2.45) is 0 Å². The second kappa shape index (κ2) is 45.0. The number of rotatable bonds is 50. The van der Waals surface area contributed by atoms with Crippen LogP contribution in [0.2, 0.25) is 0 Å². The van der Waals surface area contributed by atoms with Crippen molar-refractivity contribution in [1.82, 2.24) is 5.32 Å². The first kappa shape index (κ1) is 67.8. The summed E-state index contributed by atoms with van der Waals surface area (Å²) in [6.45, 7) is 3.56. The predicted octanol–water partition coefficient (Wildman–Crippen LogP) is 10.9. The third kappa shape index (κ3) is 32.9. The van der Waals surface area contributed by atoms with Crippen LogP contribution in [0.25, 0.3) is 0 Å². The summed E-state index contributed by atoms with van der Waals surface area (Å²) < 4.78 is 21.1. The Morgan fingerprint density at radius 3 is 1.35 bits per heavy atom. The van der Waals surface area contributed by atoms with E-state index in [-0.39, 0.29) is 31.5 Å². The average Bonchev–Trinajstić information content (AvgIpc) is 3.36. The van der Waals surface area contributed by atoms with Crippen molar-refractivity contribution in [3.05, 3.63) is 0 Å². The van der Waals surface area contributed by atoms with Crippen LogP contribution in [-0.4, -0.2) is 123 Å². The lowest BCUT2D eigenvalue weighted by Gasteiger charge is -2.41. The number of alkyl carbamates (subject to hydrolysis) is 1. The number of amides is 1. The van der Waals surface area contributed by atoms with E-state index in [9.17, 15) is 49.8 Å². The molecule has 1 rings (SSSR count). The van der Waals surface area contributed by atoms with Gasteiger partial charge in [0.15, 0.2) is 17.7 Å². The van der Waals surface area contributed by atoms with Crippen LogP contribution in [0.5, 0.6) is 0 Å². The molecular weight excluding hydrogens is 923 g/mol. The highest BCUT2D eigenvalue weighted by Gasteiger charge is 2.48. The summed E-state index contributed by atoms with van der Waals surface area (Å²) in [7, 11) is 0. The molecule has 8 atom stereocenters. The number of ether oxygens (including phenoxy) is 4. The zero-order valence-electron chi connectivity index (χ0n) is 45.7. The van der Waals surface area contributed by atoms with Gasteiger partial charge < -0.3 is 59.7 Å². The van der Waals surface area contributed by atoms with Crippen LogP contribution in [0.15, 0.2) is 0 Å². The van der Waals surface area contributed by atoms with Crippen molar-refractivity contribution >= 4 is 23.6 Å². The largest absolute Gasteiger partial charge is 0.428 e. The highest BCUT2D eigenvalue weighted by atomic mass is 16.7. The number of ketones is 2. The number of Topliss-reactive ketones (excluding diaryl/α,β-unsaturated/α-hetero) is 2. The third-order valence-corrected chi connectivity index (χ3v) is 14.5. The molecule has 15 nitrogen and oxygen atoms in total. The van der Waals surface area contributed by atoms with Crippen molar-refractivity contribution in [2.45, 2.75) is 320 Å². The van der Waals surface area contributed by atoms with Gasteiger partial charge in [0, 0.05) is 12.8 Å². The van der Waals surface area contributed by atoms with E-state index in [1.54, 1.807) is 0 Å². The minimum atomic E-state index is -2.33. The Kier molecular flexibility index (Phi) is 42.4. The van der Waals surface area contributed by atoms with Crippen molar-refractivity contribution in [3.8, 4) is 0 Å². The molecule has 0 aromatic carbocycles. The quantitative estimate of drug-likeness (QED) is 0.0170. The monoisotopic (exact) mass is 1030 g/mol. The Labute approximate surface area is 436 Å². The van der Waals surface area contributed by atoms with Crippen molar-refractivity contribution in [3.63, 3.8) is 0 Å². The molecular formula is C57H107NO14. The predicted molar refractivity (Wildman–Crippen MR) is 282 cm³/mol. The number of hydrogen-bond donors (Lipinski definition) is 7. The SMILES string of the molecule is CCCCCCCCCCCCCCCCCCCCCCCCCC(=O)[C@@](O)(CCCCCCCCCCCCCC)[C@@H](O)[C@H](CO[C@H]1O[C@H](CO)[C@H](O)[C@H](O)[C@H]1O)NC(=O)OCOC(=O)CCC(C)=O. The van der Waals surface area contributed by atoms with Gasteiger partial charge in [-0.2, -0.15) is 0 Å². The lowest BCUT2D eigenvalue weighted by atomic mass is 9.80. The lowest BCUT2D eigenvalue weighted by molar-refractivity contribution is -0.303. The minimum absolute atomic E-state index is 0.00798. The third-order valence-electron chi connectivity index (χ3n) is 14.5. The lowest BCUT2D eigenvalue weighted by Crippen LogP contribution is -2.62. The van der Waals surface area contributed by atoms with Crippen LogP contribution < -0.4 is 5.32 Å². The zero-order valence-corrected chi connectivity index (χ0v) is 45.7. The van der Waals surface area contributed by atoms with Gasteiger partial charge in [0.2, 0.25) is 6.79 Å². The summed E-state index contributed by atoms with van der Waals surface area (Å²) in [6.07, 6.45) is 29.6. The fourth-order valence-corrected chi connectivity index (χ4v) is 9.62. The summed E-state index contributed by atoms with van der Waals surface area (Å²) in [6, 6.07) is -1.57. The molecule has 1 saturated heterocycles. The molecule has 0 spiro atoms. The fourth-order valence-electron chi connectivity index (χ4n) is 9.62. The van der Waals surface area contributed by atoms with E-state index < -0.39 is 86.3 Å². The number of unbranched alkanes of at least 4 members (excludes halogenated alkanes) is 33. The van der Waals surface area contributed by atoms with Gasteiger partial charge in [-0.25, -0.2) is 4.79 Å². The normalized spacial score (nSPS) is 19.7. The van der Waals surface area contributed by atoms with Crippen LogP contribution in [0.3, 0.4) is 0 Å². The van der Waals surface area contributed by atoms with Gasteiger partial charge in [-0.05, 0) is 19.8 Å². The first-order valence-corrected chi connectivity index (χ1v) is 29.3. The van der Waals surface area contributed by atoms with E-state index in [0.29, 0.717) is 19.3 Å². The van der Waals surface area contributed by atoms with E-state index in [1.165, 1.54) is 161 Å². The Balaban J connectivity index is 2.77. The molecule has 0 saturated carbocycles. The maximum atomic E-state index is 14.1. The molecule has 7 N–H and O–H groups in total. The van der Waals surface area contributed by atoms with Gasteiger partial charge in [0.25, 0.3) is 0 Å². The standard InChI is InChI=1S/C57H107NO14/c1-4-6-8-10-12-14-16-18-19-20-21-22-23-24-25-26-27-28-29-31-33-35-37-39-49(61)57(68,42-38-36-34-32-30-17-15-13-11-9-7-5-2)54(66)47(58-56(67)71-45-70-50(62)41-40-46(3)60)44-69-55-53(65)52(64)51(63)48(43-59)72-55/h47-48,51-55,59,63-66,68H,4-45H2,1-3H3,(H,58,67)/t47-,48+,51-,52-,53+,54-,55-,57-/m0/s1. The van der Waals surface area contributed by atoms with Gasteiger partial charge in [0.05, 0.1) is 25.7 Å². The maximum absolute atomic E-state index is 14.1. The number of aliphatic hydroxyl groups excluding tert-OH is 5. The van der Waals surface area contributed by atoms with E-state index in [0.717, 1.165) is 51.4 Å². The molecule has 1 amide bonds. The van der Waals surface area contributed by atoms with Gasteiger partial charge in [0.1, 0.15) is 36.3 Å². The fraction of sp³-hybridized carbons (Fsp3) is 0.930. The van der Waals surface area contributed by atoms with Crippen molar-refractivity contribution in [2.75, 3.05) is 20.0 Å². The second-order valence-electron chi connectivity index (χ2n) is 21.0. The van der Waals surface area contributed by atoms with Crippen LogP contribution >= 0.6 is 0 Å². The Hall–Kier alpha value is -2.24. The number of carbonyl (C=O) groups excluding carboxylic acids is 4. The molecule has 1 fully saturated rings. The van der Waals surface area contributed by atoms with E-state index in [2.05, 4.69) is 19.2 Å². The first-order valence-electron chi connectivity index (χ1n) is 29.3. The highest BCUT2D eigenvalue weighted by Crippen LogP contribution is 2.29. The van der Waals surface area contributed by atoms with Gasteiger partial charge >= 0.3 is 12.1 Å². The van der Waals surface area contributed by atoms with Gasteiger partial charge in [-0.1, -0.05) is 232 Å². The van der Waals surface area contributed by atoms with Crippen molar-refractivity contribution < 1.29 is 68.8 Å². The molecule has 0 bridgehead atoms.